The highest BCUT2D eigenvalue weighted by atomic mass is 32.2. The van der Waals surface area contributed by atoms with Crippen molar-refractivity contribution in [3.05, 3.63) is 36.7 Å². The molecule has 0 N–H and O–H groups in total. The average molecular weight is 300 g/mol. The summed E-state index contributed by atoms with van der Waals surface area (Å²) in [6.45, 7) is 7.02. The van der Waals surface area contributed by atoms with Gasteiger partial charge in [0.25, 0.3) is 0 Å². The Morgan fingerprint density at radius 2 is 2.19 bits per heavy atom. The molecule has 3 rings (SSSR count). The second-order valence-electron chi connectivity index (χ2n) is 5.85. The summed E-state index contributed by atoms with van der Waals surface area (Å²) in [6, 6.07) is 6.71. The van der Waals surface area contributed by atoms with E-state index in [1.165, 1.54) is 54.1 Å². The van der Waals surface area contributed by atoms with Gasteiger partial charge in [-0.2, -0.15) is 0 Å². The van der Waals surface area contributed by atoms with Crippen molar-refractivity contribution in [2.75, 3.05) is 5.75 Å². The van der Waals surface area contributed by atoms with E-state index in [4.69, 9.17) is 4.98 Å². The topological polar surface area (TPSA) is 17.8 Å². The minimum Gasteiger partial charge on any atom is -0.324 e. The molecule has 0 radical (unpaired) electrons. The summed E-state index contributed by atoms with van der Waals surface area (Å²) in [5.41, 5.74) is 2.41. The fourth-order valence-electron chi connectivity index (χ4n) is 3.25. The van der Waals surface area contributed by atoms with Gasteiger partial charge in [0.05, 0.1) is 11.0 Å². The number of hydrogen-bond donors (Lipinski definition) is 0. The van der Waals surface area contributed by atoms with Crippen molar-refractivity contribution < 1.29 is 0 Å². The number of benzene rings is 1. The molecule has 3 heteroatoms. The number of fused-ring (bicyclic) bond motifs is 1. The first-order valence-electron chi connectivity index (χ1n) is 8.07. The summed E-state index contributed by atoms with van der Waals surface area (Å²) in [5.74, 6) is 3.10. The van der Waals surface area contributed by atoms with E-state index in [1.54, 1.807) is 0 Å². The van der Waals surface area contributed by atoms with E-state index in [1.807, 2.05) is 17.8 Å². The first-order chi connectivity index (χ1) is 10.3. The molecule has 0 aliphatic heterocycles. The van der Waals surface area contributed by atoms with Crippen LogP contribution in [0, 0.1) is 0 Å². The molecule has 1 aromatic carbocycles. The van der Waals surface area contributed by atoms with Crippen molar-refractivity contribution in [3.63, 3.8) is 0 Å². The lowest BCUT2D eigenvalue weighted by atomic mass is 10.1. The van der Waals surface area contributed by atoms with Crippen molar-refractivity contribution in [2.45, 2.75) is 56.4 Å². The van der Waals surface area contributed by atoms with Crippen LogP contribution in [0.4, 0.5) is 0 Å². The van der Waals surface area contributed by atoms with Gasteiger partial charge in [0.15, 0.2) is 0 Å². The van der Waals surface area contributed by atoms with Gasteiger partial charge in [0.2, 0.25) is 0 Å². The molecule has 2 aromatic rings. The van der Waals surface area contributed by atoms with Gasteiger partial charge in [-0.25, -0.2) is 4.98 Å². The van der Waals surface area contributed by atoms with Crippen LogP contribution >= 0.6 is 11.8 Å². The van der Waals surface area contributed by atoms with E-state index in [-0.39, 0.29) is 0 Å². The van der Waals surface area contributed by atoms with Gasteiger partial charge in [-0.15, -0.1) is 18.3 Å². The predicted molar refractivity (Wildman–Crippen MR) is 92.2 cm³/mol. The Bertz CT molecular complexity index is 623. The van der Waals surface area contributed by atoms with E-state index >= 15 is 0 Å². The molecule has 1 heterocycles. The number of nitrogens with zero attached hydrogens (tertiary/aromatic N) is 2. The highest BCUT2D eigenvalue weighted by molar-refractivity contribution is 7.99. The third-order valence-electron chi connectivity index (χ3n) is 4.25. The van der Waals surface area contributed by atoms with Crippen molar-refractivity contribution in [1.29, 1.82) is 0 Å². The second kappa shape index (κ2) is 6.69. The average Bonchev–Trinajstić information content (AvgIpc) is 3.13. The Kier molecular flexibility index (Phi) is 4.69. The number of aromatic nitrogens is 2. The van der Waals surface area contributed by atoms with E-state index in [2.05, 4.69) is 36.3 Å². The summed E-state index contributed by atoms with van der Waals surface area (Å²) in [7, 11) is 0. The summed E-state index contributed by atoms with van der Waals surface area (Å²) in [4.78, 5) is 6.29. The van der Waals surface area contributed by atoms with E-state index in [0.717, 1.165) is 12.1 Å². The lowest BCUT2D eigenvalue weighted by Crippen LogP contribution is -2.06. The molecular weight excluding hydrogens is 276 g/mol. The first-order valence-corrected chi connectivity index (χ1v) is 9.06. The molecule has 1 saturated carbocycles. The van der Waals surface area contributed by atoms with Crippen molar-refractivity contribution in [2.24, 2.45) is 0 Å². The third-order valence-corrected chi connectivity index (χ3v) is 5.45. The van der Waals surface area contributed by atoms with Crippen LogP contribution in [-0.4, -0.2) is 15.3 Å². The molecule has 2 nitrogen and oxygen atoms in total. The molecule has 1 aliphatic rings. The molecule has 0 bridgehead atoms. The maximum Gasteiger partial charge on any atom is 0.113 e. The summed E-state index contributed by atoms with van der Waals surface area (Å²) >= 11 is 1.94. The number of hydrogen-bond acceptors (Lipinski definition) is 2. The van der Waals surface area contributed by atoms with Gasteiger partial charge in [-0.05, 0) is 43.2 Å². The minimum atomic E-state index is 0.643. The van der Waals surface area contributed by atoms with Crippen LogP contribution in [0.25, 0.3) is 11.0 Å². The zero-order valence-electron chi connectivity index (χ0n) is 12.8. The molecule has 0 spiro atoms. The Morgan fingerprint density at radius 1 is 1.38 bits per heavy atom. The van der Waals surface area contributed by atoms with Crippen LogP contribution < -0.4 is 0 Å². The van der Waals surface area contributed by atoms with Gasteiger partial charge in [-0.1, -0.05) is 25.8 Å². The molecule has 112 valence electrons. The quantitative estimate of drug-likeness (QED) is 0.526. The monoisotopic (exact) mass is 300 g/mol. The first kappa shape index (κ1) is 14.7. The molecule has 0 amide bonds. The fraction of sp³-hybridized carbons (Fsp3) is 0.500. The van der Waals surface area contributed by atoms with Crippen LogP contribution in [0.1, 0.15) is 50.8 Å². The normalized spacial score (nSPS) is 15.9. The predicted octanol–water partition coefficient (Wildman–Crippen LogP) is 5.38. The number of thioether (sulfide) groups is 1. The van der Waals surface area contributed by atoms with Gasteiger partial charge in [0, 0.05) is 17.4 Å². The molecular formula is C18H24N2S. The zero-order chi connectivity index (χ0) is 14.7. The lowest BCUT2D eigenvalue weighted by molar-refractivity contribution is 0.623. The van der Waals surface area contributed by atoms with Crippen molar-refractivity contribution in [3.8, 4) is 0 Å². The van der Waals surface area contributed by atoms with Crippen molar-refractivity contribution in [1.82, 2.24) is 9.55 Å². The SMILES string of the molecule is C=CCn1c(C2CCCC2)nc2ccc(SCCC)cc21. The van der Waals surface area contributed by atoms with Gasteiger partial charge < -0.3 is 4.57 Å². The van der Waals surface area contributed by atoms with Gasteiger partial charge in [-0.3, -0.25) is 0 Å². The second-order valence-corrected chi connectivity index (χ2v) is 7.02. The lowest BCUT2D eigenvalue weighted by Gasteiger charge is -2.12. The van der Waals surface area contributed by atoms with Crippen molar-refractivity contribution >= 4 is 22.8 Å². The molecule has 21 heavy (non-hydrogen) atoms. The van der Waals surface area contributed by atoms with Crippen LogP contribution in [0.2, 0.25) is 0 Å². The molecule has 0 saturated heterocycles. The number of rotatable bonds is 6. The Balaban J connectivity index is 2.02. The highest BCUT2D eigenvalue weighted by Gasteiger charge is 2.23. The fourth-order valence-corrected chi connectivity index (χ4v) is 4.05. The van der Waals surface area contributed by atoms with Crippen LogP contribution in [0.3, 0.4) is 0 Å². The maximum atomic E-state index is 4.94. The van der Waals surface area contributed by atoms with E-state index in [9.17, 15) is 0 Å². The Hall–Kier alpha value is -1.22. The zero-order valence-corrected chi connectivity index (χ0v) is 13.7. The number of allylic oxidation sites excluding steroid dienone is 1. The molecule has 0 unspecified atom stereocenters. The summed E-state index contributed by atoms with van der Waals surface area (Å²) in [5, 5.41) is 0. The van der Waals surface area contributed by atoms with Gasteiger partial charge >= 0.3 is 0 Å². The maximum absolute atomic E-state index is 4.94. The Labute approximate surface area is 131 Å². The highest BCUT2D eigenvalue weighted by Crippen LogP contribution is 2.36. The van der Waals surface area contributed by atoms with Gasteiger partial charge in [0.1, 0.15) is 5.82 Å². The molecule has 1 fully saturated rings. The van der Waals surface area contributed by atoms with Crippen LogP contribution in [0.15, 0.2) is 35.7 Å². The third kappa shape index (κ3) is 3.03. The molecule has 1 aromatic heterocycles. The molecule has 0 atom stereocenters. The van der Waals surface area contributed by atoms with Crippen LogP contribution in [0.5, 0.6) is 0 Å². The van der Waals surface area contributed by atoms with Crippen LogP contribution in [-0.2, 0) is 6.54 Å². The summed E-state index contributed by atoms with van der Waals surface area (Å²) < 4.78 is 2.38. The summed E-state index contributed by atoms with van der Waals surface area (Å²) in [6.07, 6.45) is 8.47. The molecule has 1 aliphatic carbocycles. The number of imidazole rings is 1. The largest absolute Gasteiger partial charge is 0.324 e. The smallest absolute Gasteiger partial charge is 0.113 e. The van der Waals surface area contributed by atoms with E-state index < -0.39 is 0 Å². The Morgan fingerprint density at radius 3 is 2.90 bits per heavy atom. The van der Waals surface area contributed by atoms with E-state index in [0.29, 0.717) is 5.92 Å². The standard InChI is InChI=1S/C18H24N2S/c1-3-11-20-17-13-15(21-12-4-2)9-10-16(17)19-18(20)14-7-5-6-8-14/h3,9-10,13-14H,1,4-8,11-12H2,2H3. The minimum absolute atomic E-state index is 0.643.